The van der Waals surface area contributed by atoms with Crippen LogP contribution in [0.15, 0.2) is 12.4 Å². The average molecular weight is 237 g/mol. The highest BCUT2D eigenvalue weighted by atomic mass is 32.2. The molecule has 4 heteroatoms. The van der Waals surface area contributed by atoms with Gasteiger partial charge in [-0.3, -0.25) is 0 Å². The van der Waals surface area contributed by atoms with Crippen molar-refractivity contribution in [2.24, 2.45) is 0 Å². The van der Waals surface area contributed by atoms with Crippen LogP contribution in [-0.4, -0.2) is 27.1 Å². The third-order valence-electron chi connectivity index (χ3n) is 3.37. The van der Waals surface area contributed by atoms with E-state index in [-0.39, 0.29) is 0 Å². The van der Waals surface area contributed by atoms with Crippen molar-refractivity contribution in [1.29, 1.82) is 0 Å². The highest BCUT2D eigenvalue weighted by Crippen LogP contribution is 2.36. The van der Waals surface area contributed by atoms with Crippen molar-refractivity contribution in [3.8, 4) is 0 Å². The molecule has 0 spiro atoms. The zero-order chi connectivity index (χ0) is 10.8. The Labute approximate surface area is 101 Å². The summed E-state index contributed by atoms with van der Waals surface area (Å²) in [6.07, 6.45) is 10.8. The summed E-state index contributed by atoms with van der Waals surface area (Å²) in [6.45, 7) is 1.08. The van der Waals surface area contributed by atoms with Gasteiger partial charge < -0.3 is 9.88 Å². The fraction of sp³-hybridized carbons (Fsp3) is 0.750. The first-order valence-corrected chi connectivity index (χ1v) is 7.36. The molecule has 1 aromatic heterocycles. The van der Waals surface area contributed by atoms with E-state index in [1.54, 1.807) is 0 Å². The van der Waals surface area contributed by atoms with Crippen molar-refractivity contribution >= 4 is 17.7 Å². The number of thioether (sulfide) groups is 1. The van der Waals surface area contributed by atoms with Crippen LogP contribution in [0.5, 0.6) is 0 Å². The molecule has 1 aromatic rings. The average Bonchev–Trinajstić information content (AvgIpc) is 3.07. The van der Waals surface area contributed by atoms with Crippen LogP contribution in [0, 0.1) is 0 Å². The van der Waals surface area contributed by atoms with Gasteiger partial charge in [-0.1, -0.05) is 6.42 Å². The number of rotatable bonds is 4. The third kappa shape index (κ3) is 2.37. The molecule has 3 nitrogen and oxygen atoms in total. The number of nitrogens with zero attached hydrogens (tertiary/aromatic N) is 2. The van der Waals surface area contributed by atoms with Crippen LogP contribution in [0.25, 0.3) is 0 Å². The van der Waals surface area contributed by atoms with E-state index in [0.29, 0.717) is 0 Å². The van der Waals surface area contributed by atoms with Gasteiger partial charge in [-0.2, -0.15) is 11.8 Å². The summed E-state index contributed by atoms with van der Waals surface area (Å²) in [5.41, 5.74) is 0. The van der Waals surface area contributed by atoms with Gasteiger partial charge in [0.15, 0.2) is 0 Å². The lowest BCUT2D eigenvalue weighted by Crippen LogP contribution is -2.21. The van der Waals surface area contributed by atoms with Crippen LogP contribution in [0.1, 0.15) is 38.1 Å². The highest BCUT2D eigenvalue weighted by Gasteiger charge is 2.25. The van der Waals surface area contributed by atoms with E-state index in [0.717, 1.165) is 23.8 Å². The Morgan fingerprint density at radius 1 is 1.38 bits per heavy atom. The van der Waals surface area contributed by atoms with E-state index in [9.17, 15) is 0 Å². The lowest BCUT2D eigenvalue weighted by molar-refractivity contribution is 0.670. The van der Waals surface area contributed by atoms with Crippen LogP contribution in [0.4, 0.5) is 5.95 Å². The number of imidazole rings is 1. The van der Waals surface area contributed by atoms with Crippen molar-refractivity contribution in [3.63, 3.8) is 0 Å². The van der Waals surface area contributed by atoms with Crippen molar-refractivity contribution in [2.45, 2.75) is 43.4 Å². The van der Waals surface area contributed by atoms with Gasteiger partial charge >= 0.3 is 0 Å². The fourth-order valence-corrected chi connectivity index (χ4v) is 3.51. The molecular weight excluding hydrogens is 218 g/mol. The second-order valence-corrected chi connectivity index (χ2v) is 6.17. The third-order valence-corrected chi connectivity index (χ3v) is 4.77. The molecule has 2 heterocycles. The number of aromatic nitrogens is 2. The topological polar surface area (TPSA) is 29.9 Å². The number of hydrogen-bond donors (Lipinski definition) is 1. The molecule has 0 aromatic carbocycles. The first-order valence-electron chi connectivity index (χ1n) is 6.32. The summed E-state index contributed by atoms with van der Waals surface area (Å²) in [6, 6.07) is 0.726. The van der Waals surface area contributed by atoms with Crippen LogP contribution < -0.4 is 5.32 Å². The predicted octanol–water partition coefficient (Wildman–Crippen LogP) is 2.92. The van der Waals surface area contributed by atoms with E-state index in [1.165, 1.54) is 37.9 Å². The normalized spacial score (nSPS) is 25.6. The van der Waals surface area contributed by atoms with Gasteiger partial charge in [0.2, 0.25) is 5.95 Å². The SMILES string of the molecule is c1cn(C2CC2)c(NCC2CCCCS2)n1. The molecule has 1 atom stereocenters. The molecule has 2 aliphatic rings. The maximum absolute atomic E-state index is 4.40. The first kappa shape index (κ1) is 10.5. The maximum Gasteiger partial charge on any atom is 0.203 e. The highest BCUT2D eigenvalue weighted by molar-refractivity contribution is 7.99. The first-order chi connectivity index (χ1) is 7.93. The summed E-state index contributed by atoms with van der Waals surface area (Å²) in [5, 5.41) is 4.31. The van der Waals surface area contributed by atoms with Gasteiger partial charge in [0.05, 0.1) is 0 Å². The molecule has 0 amide bonds. The Morgan fingerprint density at radius 2 is 2.31 bits per heavy atom. The number of hydrogen-bond acceptors (Lipinski definition) is 3. The maximum atomic E-state index is 4.40. The summed E-state index contributed by atoms with van der Waals surface area (Å²) < 4.78 is 2.30. The van der Waals surface area contributed by atoms with Crippen molar-refractivity contribution in [1.82, 2.24) is 9.55 Å². The van der Waals surface area contributed by atoms with Crippen molar-refractivity contribution in [3.05, 3.63) is 12.4 Å². The quantitative estimate of drug-likeness (QED) is 0.873. The van der Waals surface area contributed by atoms with Gasteiger partial charge in [0, 0.05) is 30.2 Å². The molecule has 0 radical (unpaired) electrons. The van der Waals surface area contributed by atoms with E-state index in [4.69, 9.17) is 0 Å². The summed E-state index contributed by atoms with van der Waals surface area (Å²) in [4.78, 5) is 4.40. The van der Waals surface area contributed by atoms with Crippen LogP contribution >= 0.6 is 11.8 Å². The minimum atomic E-state index is 0.726. The fourth-order valence-electron chi connectivity index (χ4n) is 2.27. The Bertz CT molecular complexity index is 340. The van der Waals surface area contributed by atoms with Crippen LogP contribution in [-0.2, 0) is 0 Å². The zero-order valence-electron chi connectivity index (χ0n) is 9.56. The Hall–Kier alpha value is -0.640. The largest absolute Gasteiger partial charge is 0.355 e. The number of nitrogens with one attached hydrogen (secondary N) is 1. The number of anilines is 1. The molecule has 88 valence electrons. The molecule has 1 saturated carbocycles. The monoisotopic (exact) mass is 237 g/mol. The Balaban J connectivity index is 1.54. The molecule has 1 aliphatic carbocycles. The summed E-state index contributed by atoms with van der Waals surface area (Å²) >= 11 is 2.12. The molecule has 0 bridgehead atoms. The molecule has 1 N–H and O–H groups in total. The predicted molar refractivity (Wildman–Crippen MR) is 69.1 cm³/mol. The second-order valence-electron chi connectivity index (χ2n) is 4.76. The Kier molecular flexibility index (Phi) is 3.09. The van der Waals surface area contributed by atoms with Gasteiger partial charge in [-0.25, -0.2) is 4.98 Å². The standard InChI is InChI=1S/C12H19N3S/c1-2-8-16-11(3-1)9-14-12-13-6-7-15(12)10-4-5-10/h6-7,10-11H,1-5,8-9H2,(H,13,14). The second kappa shape index (κ2) is 4.70. The molecular formula is C12H19N3S. The van der Waals surface area contributed by atoms with Gasteiger partial charge in [-0.05, 0) is 31.4 Å². The smallest absolute Gasteiger partial charge is 0.203 e. The van der Waals surface area contributed by atoms with Crippen molar-refractivity contribution in [2.75, 3.05) is 17.6 Å². The summed E-state index contributed by atoms with van der Waals surface area (Å²) in [5.74, 6) is 2.41. The lowest BCUT2D eigenvalue weighted by Gasteiger charge is -2.21. The van der Waals surface area contributed by atoms with E-state index in [1.807, 2.05) is 6.20 Å². The molecule has 3 rings (SSSR count). The van der Waals surface area contributed by atoms with E-state index in [2.05, 4.69) is 32.8 Å². The van der Waals surface area contributed by atoms with Gasteiger partial charge in [-0.15, -0.1) is 0 Å². The van der Waals surface area contributed by atoms with E-state index < -0.39 is 0 Å². The minimum absolute atomic E-state index is 0.726. The zero-order valence-corrected chi connectivity index (χ0v) is 10.4. The molecule has 1 unspecified atom stereocenters. The molecule has 16 heavy (non-hydrogen) atoms. The lowest BCUT2D eigenvalue weighted by atomic mass is 10.2. The van der Waals surface area contributed by atoms with E-state index >= 15 is 0 Å². The minimum Gasteiger partial charge on any atom is -0.355 e. The molecule has 2 fully saturated rings. The summed E-state index contributed by atoms with van der Waals surface area (Å²) in [7, 11) is 0. The van der Waals surface area contributed by atoms with Crippen LogP contribution in [0.3, 0.4) is 0 Å². The molecule has 1 aliphatic heterocycles. The van der Waals surface area contributed by atoms with Crippen LogP contribution in [0.2, 0.25) is 0 Å². The Morgan fingerprint density at radius 3 is 3.06 bits per heavy atom. The molecule has 1 saturated heterocycles. The van der Waals surface area contributed by atoms with Gasteiger partial charge in [0.25, 0.3) is 0 Å². The van der Waals surface area contributed by atoms with Gasteiger partial charge in [0.1, 0.15) is 0 Å². The van der Waals surface area contributed by atoms with Crippen molar-refractivity contribution < 1.29 is 0 Å².